The molecule has 0 aliphatic carbocycles. The van der Waals surface area contributed by atoms with E-state index in [1.54, 1.807) is 4.90 Å². The highest BCUT2D eigenvalue weighted by molar-refractivity contribution is 9.10. The van der Waals surface area contributed by atoms with E-state index in [0.29, 0.717) is 12.2 Å². The van der Waals surface area contributed by atoms with Gasteiger partial charge in [0.25, 0.3) is 5.91 Å². The topological polar surface area (TPSA) is 46.3 Å². The molecule has 2 aromatic rings. The molecular formula is C15H13BrN2O. The van der Waals surface area contributed by atoms with Crippen molar-refractivity contribution >= 4 is 33.2 Å². The molecule has 96 valence electrons. The predicted octanol–water partition coefficient (Wildman–Crippen LogP) is 3.23. The Labute approximate surface area is 120 Å². The minimum absolute atomic E-state index is 0.0353. The minimum Gasteiger partial charge on any atom is -0.399 e. The van der Waals surface area contributed by atoms with Crippen molar-refractivity contribution in [2.75, 3.05) is 17.2 Å². The molecule has 0 saturated heterocycles. The van der Waals surface area contributed by atoms with E-state index in [0.717, 1.165) is 27.7 Å². The lowest BCUT2D eigenvalue weighted by Gasteiger charge is -2.29. The number of amides is 1. The van der Waals surface area contributed by atoms with Gasteiger partial charge in [0.15, 0.2) is 0 Å². The molecule has 0 fully saturated rings. The summed E-state index contributed by atoms with van der Waals surface area (Å²) < 4.78 is 0.884. The van der Waals surface area contributed by atoms with Crippen LogP contribution in [0.25, 0.3) is 0 Å². The first-order chi connectivity index (χ1) is 9.16. The lowest BCUT2D eigenvalue weighted by molar-refractivity contribution is 0.0980. The second kappa shape index (κ2) is 4.70. The molecule has 1 heterocycles. The third kappa shape index (κ3) is 2.12. The first kappa shape index (κ1) is 12.2. The number of carbonyl (C=O) groups is 1. The molecule has 1 amide bonds. The van der Waals surface area contributed by atoms with Crippen LogP contribution in [-0.2, 0) is 6.42 Å². The summed E-state index contributed by atoms with van der Waals surface area (Å²) in [6.45, 7) is 0.678. The van der Waals surface area contributed by atoms with Crippen molar-refractivity contribution < 1.29 is 4.79 Å². The van der Waals surface area contributed by atoms with Crippen LogP contribution in [0.1, 0.15) is 15.9 Å². The molecule has 0 spiro atoms. The van der Waals surface area contributed by atoms with E-state index in [9.17, 15) is 4.79 Å². The van der Waals surface area contributed by atoms with Crippen LogP contribution in [-0.4, -0.2) is 12.5 Å². The van der Waals surface area contributed by atoms with Crippen LogP contribution in [0.5, 0.6) is 0 Å². The Kier molecular flexibility index (Phi) is 3.03. The summed E-state index contributed by atoms with van der Waals surface area (Å²) in [6, 6.07) is 13.3. The number of rotatable bonds is 1. The van der Waals surface area contributed by atoms with Crippen molar-refractivity contribution in [2.24, 2.45) is 0 Å². The first-order valence-corrected chi connectivity index (χ1v) is 6.91. The van der Waals surface area contributed by atoms with Crippen molar-refractivity contribution in [3.05, 3.63) is 58.1 Å². The second-order valence-electron chi connectivity index (χ2n) is 4.57. The Morgan fingerprint density at radius 2 is 1.95 bits per heavy atom. The third-order valence-corrected chi connectivity index (χ3v) is 4.03. The van der Waals surface area contributed by atoms with E-state index in [4.69, 9.17) is 5.73 Å². The van der Waals surface area contributed by atoms with Gasteiger partial charge in [-0.05, 0) is 52.2 Å². The van der Waals surface area contributed by atoms with Crippen molar-refractivity contribution in [3.63, 3.8) is 0 Å². The normalized spacial score (nSPS) is 14.4. The number of anilines is 2. The number of nitrogens with two attached hydrogens (primary N) is 1. The van der Waals surface area contributed by atoms with Gasteiger partial charge in [0.1, 0.15) is 0 Å². The Bertz CT molecular complexity index is 654. The predicted molar refractivity (Wildman–Crippen MR) is 80.4 cm³/mol. The molecule has 2 aromatic carbocycles. The fourth-order valence-corrected chi connectivity index (χ4v) is 2.85. The molecule has 4 heteroatoms. The Hall–Kier alpha value is -1.81. The zero-order chi connectivity index (χ0) is 13.4. The van der Waals surface area contributed by atoms with Crippen LogP contribution in [0.3, 0.4) is 0 Å². The molecule has 0 unspecified atom stereocenters. The highest BCUT2D eigenvalue weighted by Crippen LogP contribution is 2.32. The van der Waals surface area contributed by atoms with Gasteiger partial charge in [-0.15, -0.1) is 0 Å². The molecule has 3 rings (SSSR count). The van der Waals surface area contributed by atoms with Gasteiger partial charge in [-0.2, -0.15) is 0 Å². The van der Waals surface area contributed by atoms with Crippen LogP contribution in [0.4, 0.5) is 11.4 Å². The highest BCUT2D eigenvalue weighted by atomic mass is 79.9. The number of nitrogens with zero attached hydrogens (tertiary/aromatic N) is 1. The number of nitrogen functional groups attached to an aromatic ring is 1. The summed E-state index contributed by atoms with van der Waals surface area (Å²) in [5.74, 6) is 0.0353. The third-order valence-electron chi connectivity index (χ3n) is 3.36. The molecule has 19 heavy (non-hydrogen) atoms. The standard InChI is InChI=1S/C15H13BrN2O/c16-13-6-5-11(17)9-14(13)18-8-7-10-3-1-2-4-12(10)15(18)19/h1-6,9H,7-8,17H2. The highest BCUT2D eigenvalue weighted by Gasteiger charge is 2.26. The maximum atomic E-state index is 12.5. The van der Waals surface area contributed by atoms with Gasteiger partial charge in [-0.25, -0.2) is 0 Å². The molecule has 0 saturated carbocycles. The van der Waals surface area contributed by atoms with Crippen LogP contribution in [0, 0.1) is 0 Å². The fraction of sp³-hybridized carbons (Fsp3) is 0.133. The lowest BCUT2D eigenvalue weighted by Crippen LogP contribution is -2.37. The zero-order valence-corrected chi connectivity index (χ0v) is 11.9. The van der Waals surface area contributed by atoms with Gasteiger partial charge < -0.3 is 10.6 Å². The van der Waals surface area contributed by atoms with E-state index in [-0.39, 0.29) is 5.91 Å². The maximum absolute atomic E-state index is 12.5. The van der Waals surface area contributed by atoms with E-state index in [1.165, 1.54) is 0 Å². The Balaban J connectivity index is 2.05. The molecule has 0 radical (unpaired) electrons. The summed E-state index contributed by atoms with van der Waals surface area (Å²) in [6.07, 6.45) is 0.864. The smallest absolute Gasteiger partial charge is 0.258 e. The van der Waals surface area contributed by atoms with Gasteiger partial charge in [-0.1, -0.05) is 18.2 Å². The van der Waals surface area contributed by atoms with Crippen LogP contribution < -0.4 is 10.6 Å². The largest absolute Gasteiger partial charge is 0.399 e. The SMILES string of the molecule is Nc1ccc(Br)c(N2CCc3ccccc3C2=O)c1. The summed E-state index contributed by atoms with van der Waals surface area (Å²) in [5, 5.41) is 0. The van der Waals surface area contributed by atoms with Gasteiger partial charge in [0.2, 0.25) is 0 Å². The van der Waals surface area contributed by atoms with Gasteiger partial charge in [0.05, 0.1) is 5.69 Å². The number of benzene rings is 2. The van der Waals surface area contributed by atoms with Crippen molar-refractivity contribution in [2.45, 2.75) is 6.42 Å². The molecule has 2 N–H and O–H groups in total. The molecule has 0 aromatic heterocycles. The molecular weight excluding hydrogens is 304 g/mol. The van der Waals surface area contributed by atoms with Crippen LogP contribution >= 0.6 is 15.9 Å². The second-order valence-corrected chi connectivity index (χ2v) is 5.43. The number of carbonyl (C=O) groups excluding carboxylic acids is 1. The average molecular weight is 317 g/mol. The van der Waals surface area contributed by atoms with Crippen molar-refractivity contribution in [1.82, 2.24) is 0 Å². The number of fused-ring (bicyclic) bond motifs is 1. The summed E-state index contributed by atoms with van der Waals surface area (Å²) >= 11 is 3.48. The summed E-state index contributed by atoms with van der Waals surface area (Å²) in [7, 11) is 0. The maximum Gasteiger partial charge on any atom is 0.258 e. The number of hydrogen-bond donors (Lipinski definition) is 1. The minimum atomic E-state index is 0.0353. The number of hydrogen-bond acceptors (Lipinski definition) is 2. The van der Waals surface area contributed by atoms with Crippen LogP contribution in [0.2, 0.25) is 0 Å². The fourth-order valence-electron chi connectivity index (χ4n) is 2.39. The molecule has 1 aliphatic rings. The lowest BCUT2D eigenvalue weighted by atomic mass is 9.98. The molecule has 1 aliphatic heterocycles. The van der Waals surface area contributed by atoms with Gasteiger partial charge in [-0.3, -0.25) is 4.79 Å². The van der Waals surface area contributed by atoms with Crippen LogP contribution in [0.15, 0.2) is 46.9 Å². The van der Waals surface area contributed by atoms with Crippen molar-refractivity contribution in [3.8, 4) is 0 Å². The van der Waals surface area contributed by atoms with Gasteiger partial charge >= 0.3 is 0 Å². The average Bonchev–Trinajstić information content (AvgIpc) is 2.43. The Morgan fingerprint density at radius 3 is 2.79 bits per heavy atom. The summed E-state index contributed by atoms with van der Waals surface area (Å²) in [5.41, 5.74) is 9.20. The number of halogens is 1. The quantitative estimate of drug-likeness (QED) is 0.821. The van der Waals surface area contributed by atoms with E-state index < -0.39 is 0 Å². The van der Waals surface area contributed by atoms with Gasteiger partial charge in [0, 0.05) is 22.3 Å². The first-order valence-electron chi connectivity index (χ1n) is 6.11. The zero-order valence-electron chi connectivity index (χ0n) is 10.3. The summed E-state index contributed by atoms with van der Waals surface area (Å²) in [4.78, 5) is 14.3. The monoisotopic (exact) mass is 316 g/mol. The molecule has 0 atom stereocenters. The van der Waals surface area contributed by atoms with E-state index in [1.807, 2.05) is 42.5 Å². The molecule has 0 bridgehead atoms. The van der Waals surface area contributed by atoms with Crippen molar-refractivity contribution in [1.29, 1.82) is 0 Å². The molecule has 3 nitrogen and oxygen atoms in total. The Morgan fingerprint density at radius 1 is 1.16 bits per heavy atom. The van der Waals surface area contributed by atoms with E-state index in [2.05, 4.69) is 15.9 Å². The van der Waals surface area contributed by atoms with E-state index >= 15 is 0 Å².